The topological polar surface area (TPSA) is 64.7 Å². The molecule has 0 radical (unpaired) electrons. The van der Waals surface area contributed by atoms with E-state index in [1.807, 2.05) is 31.3 Å². The molecule has 2 heterocycles. The Labute approximate surface area is 109 Å². The molecular formula is C13H12N4S. The summed E-state index contributed by atoms with van der Waals surface area (Å²) < 4.78 is 0. The molecule has 2 N–H and O–H groups in total. The van der Waals surface area contributed by atoms with E-state index in [1.54, 1.807) is 23.7 Å². The van der Waals surface area contributed by atoms with Gasteiger partial charge in [-0.25, -0.2) is 4.98 Å². The summed E-state index contributed by atoms with van der Waals surface area (Å²) in [6.07, 6.45) is 5.23. The van der Waals surface area contributed by atoms with Crippen molar-refractivity contribution in [3.63, 3.8) is 0 Å². The number of fused-ring (bicyclic) bond motifs is 1. The van der Waals surface area contributed by atoms with Gasteiger partial charge in [0.15, 0.2) is 0 Å². The Hall–Kier alpha value is -1.85. The standard InChI is InChI=1S/C13H12N4S/c1-8(14)12-7-17-13(18-12)9-2-3-10-11(6-9)16-5-4-15-10/h2-8H,14H2,1H3. The van der Waals surface area contributed by atoms with Crippen molar-refractivity contribution in [3.8, 4) is 10.6 Å². The monoisotopic (exact) mass is 256 g/mol. The summed E-state index contributed by atoms with van der Waals surface area (Å²) in [4.78, 5) is 14.0. The zero-order valence-electron chi connectivity index (χ0n) is 9.87. The van der Waals surface area contributed by atoms with Crippen LogP contribution < -0.4 is 5.73 Å². The van der Waals surface area contributed by atoms with Crippen LogP contribution in [0.1, 0.15) is 17.8 Å². The molecule has 1 atom stereocenters. The van der Waals surface area contributed by atoms with Gasteiger partial charge in [0.25, 0.3) is 0 Å². The Balaban J connectivity index is 2.07. The van der Waals surface area contributed by atoms with Crippen molar-refractivity contribution in [2.45, 2.75) is 13.0 Å². The Morgan fingerprint density at radius 3 is 2.61 bits per heavy atom. The average Bonchev–Trinajstić information content (AvgIpc) is 2.88. The van der Waals surface area contributed by atoms with Crippen molar-refractivity contribution < 1.29 is 0 Å². The second kappa shape index (κ2) is 4.44. The number of nitrogens with two attached hydrogens (primary N) is 1. The third-order valence-corrected chi connectivity index (χ3v) is 3.94. The minimum Gasteiger partial charge on any atom is -0.323 e. The van der Waals surface area contributed by atoms with Gasteiger partial charge in [0.05, 0.1) is 11.0 Å². The lowest BCUT2D eigenvalue weighted by Gasteiger charge is -1.99. The quantitative estimate of drug-likeness (QED) is 0.765. The van der Waals surface area contributed by atoms with E-state index in [-0.39, 0.29) is 6.04 Å². The van der Waals surface area contributed by atoms with Crippen LogP contribution >= 0.6 is 11.3 Å². The largest absolute Gasteiger partial charge is 0.323 e. The zero-order valence-corrected chi connectivity index (χ0v) is 10.7. The second-order valence-corrected chi connectivity index (χ2v) is 5.18. The molecule has 0 saturated carbocycles. The molecule has 5 heteroatoms. The predicted molar refractivity (Wildman–Crippen MR) is 73.2 cm³/mol. The molecule has 1 unspecified atom stereocenters. The molecule has 0 aliphatic carbocycles. The number of hydrogen-bond acceptors (Lipinski definition) is 5. The van der Waals surface area contributed by atoms with Gasteiger partial charge in [-0.15, -0.1) is 11.3 Å². The molecule has 0 amide bonds. The number of hydrogen-bond donors (Lipinski definition) is 1. The summed E-state index contributed by atoms with van der Waals surface area (Å²) in [6.45, 7) is 1.96. The maximum absolute atomic E-state index is 5.84. The summed E-state index contributed by atoms with van der Waals surface area (Å²) in [5.41, 5.74) is 8.67. The van der Waals surface area contributed by atoms with E-state index in [4.69, 9.17) is 5.73 Å². The lowest BCUT2D eigenvalue weighted by molar-refractivity contribution is 0.835. The molecule has 3 aromatic rings. The fourth-order valence-electron chi connectivity index (χ4n) is 1.73. The summed E-state index contributed by atoms with van der Waals surface area (Å²) in [6, 6.07) is 6.01. The number of aromatic nitrogens is 3. The molecule has 0 aliphatic rings. The van der Waals surface area contributed by atoms with Gasteiger partial charge in [-0.3, -0.25) is 9.97 Å². The third kappa shape index (κ3) is 1.98. The molecule has 0 spiro atoms. The first-order chi connectivity index (χ1) is 8.74. The number of thiazole rings is 1. The van der Waals surface area contributed by atoms with Crippen LogP contribution in [0.3, 0.4) is 0 Å². The van der Waals surface area contributed by atoms with Gasteiger partial charge in [0.2, 0.25) is 0 Å². The van der Waals surface area contributed by atoms with E-state index in [2.05, 4.69) is 15.0 Å². The smallest absolute Gasteiger partial charge is 0.123 e. The lowest BCUT2D eigenvalue weighted by Crippen LogP contribution is -2.01. The van der Waals surface area contributed by atoms with Gasteiger partial charge in [-0.1, -0.05) is 0 Å². The van der Waals surface area contributed by atoms with Crippen LogP contribution in [0.2, 0.25) is 0 Å². The lowest BCUT2D eigenvalue weighted by atomic mass is 10.2. The van der Waals surface area contributed by atoms with Crippen molar-refractivity contribution >= 4 is 22.4 Å². The van der Waals surface area contributed by atoms with Crippen LogP contribution in [0.4, 0.5) is 0 Å². The SMILES string of the molecule is CC(N)c1cnc(-c2ccc3nccnc3c2)s1. The Kier molecular flexibility index (Phi) is 2.77. The predicted octanol–water partition coefficient (Wildman–Crippen LogP) is 2.77. The summed E-state index contributed by atoms with van der Waals surface area (Å²) in [5, 5.41) is 0.967. The number of nitrogens with zero attached hydrogens (tertiary/aromatic N) is 3. The highest BCUT2D eigenvalue weighted by molar-refractivity contribution is 7.15. The van der Waals surface area contributed by atoms with E-state index < -0.39 is 0 Å². The van der Waals surface area contributed by atoms with Gasteiger partial charge in [-0.05, 0) is 25.1 Å². The molecule has 18 heavy (non-hydrogen) atoms. The van der Waals surface area contributed by atoms with E-state index in [1.165, 1.54) is 0 Å². The Morgan fingerprint density at radius 1 is 1.11 bits per heavy atom. The zero-order chi connectivity index (χ0) is 12.5. The van der Waals surface area contributed by atoms with Gasteiger partial charge in [0, 0.05) is 35.1 Å². The Morgan fingerprint density at radius 2 is 1.89 bits per heavy atom. The van der Waals surface area contributed by atoms with E-state index in [0.29, 0.717) is 0 Å². The second-order valence-electron chi connectivity index (χ2n) is 4.12. The molecule has 4 nitrogen and oxygen atoms in total. The minimum atomic E-state index is 0.0245. The normalized spacial score (nSPS) is 12.8. The number of rotatable bonds is 2. The molecule has 0 saturated heterocycles. The van der Waals surface area contributed by atoms with Crippen molar-refractivity contribution in [2.75, 3.05) is 0 Å². The van der Waals surface area contributed by atoms with E-state index in [0.717, 1.165) is 26.5 Å². The molecule has 2 aromatic heterocycles. The van der Waals surface area contributed by atoms with Crippen molar-refractivity contribution in [1.29, 1.82) is 0 Å². The highest BCUT2D eigenvalue weighted by atomic mass is 32.1. The van der Waals surface area contributed by atoms with Crippen molar-refractivity contribution in [2.24, 2.45) is 5.73 Å². The minimum absolute atomic E-state index is 0.0245. The first kappa shape index (κ1) is 11.3. The fraction of sp³-hybridized carbons (Fsp3) is 0.154. The molecule has 0 bridgehead atoms. The fourth-order valence-corrected chi connectivity index (χ4v) is 2.59. The van der Waals surface area contributed by atoms with Gasteiger partial charge in [-0.2, -0.15) is 0 Å². The summed E-state index contributed by atoms with van der Waals surface area (Å²) in [5.74, 6) is 0. The molecule has 0 fully saturated rings. The van der Waals surface area contributed by atoms with Crippen LogP contribution in [-0.2, 0) is 0 Å². The van der Waals surface area contributed by atoms with Crippen LogP contribution in [0, 0.1) is 0 Å². The molecular weight excluding hydrogens is 244 g/mol. The summed E-state index contributed by atoms with van der Waals surface area (Å²) >= 11 is 1.62. The van der Waals surface area contributed by atoms with E-state index >= 15 is 0 Å². The number of benzene rings is 1. The van der Waals surface area contributed by atoms with Crippen LogP contribution in [0.5, 0.6) is 0 Å². The van der Waals surface area contributed by atoms with E-state index in [9.17, 15) is 0 Å². The van der Waals surface area contributed by atoms with Gasteiger partial charge < -0.3 is 5.73 Å². The van der Waals surface area contributed by atoms with Gasteiger partial charge in [0.1, 0.15) is 5.01 Å². The van der Waals surface area contributed by atoms with Crippen molar-refractivity contribution in [3.05, 3.63) is 41.7 Å². The van der Waals surface area contributed by atoms with Crippen LogP contribution in [-0.4, -0.2) is 15.0 Å². The first-order valence-electron chi connectivity index (χ1n) is 5.66. The summed E-state index contributed by atoms with van der Waals surface area (Å²) in [7, 11) is 0. The first-order valence-corrected chi connectivity index (χ1v) is 6.48. The molecule has 1 aromatic carbocycles. The van der Waals surface area contributed by atoms with Crippen LogP contribution in [0.25, 0.3) is 21.6 Å². The third-order valence-electron chi connectivity index (χ3n) is 2.69. The Bertz CT molecular complexity index is 690. The van der Waals surface area contributed by atoms with Gasteiger partial charge >= 0.3 is 0 Å². The maximum Gasteiger partial charge on any atom is 0.123 e. The molecule has 0 aliphatic heterocycles. The van der Waals surface area contributed by atoms with Crippen molar-refractivity contribution in [1.82, 2.24) is 15.0 Å². The highest BCUT2D eigenvalue weighted by Gasteiger charge is 2.08. The molecule has 3 rings (SSSR count). The average molecular weight is 256 g/mol. The molecule has 90 valence electrons. The van der Waals surface area contributed by atoms with Crippen LogP contribution in [0.15, 0.2) is 36.8 Å². The highest BCUT2D eigenvalue weighted by Crippen LogP contribution is 2.29. The maximum atomic E-state index is 5.84.